The Morgan fingerprint density at radius 3 is 2.86 bits per heavy atom. The van der Waals surface area contributed by atoms with Crippen LogP contribution in [0.2, 0.25) is 0 Å². The molecule has 0 bridgehead atoms. The van der Waals surface area contributed by atoms with Crippen LogP contribution in [-0.2, 0) is 6.42 Å². The summed E-state index contributed by atoms with van der Waals surface area (Å²) in [5.41, 5.74) is 9.23. The van der Waals surface area contributed by atoms with Crippen LogP contribution in [0.25, 0.3) is 11.0 Å². The zero-order chi connectivity index (χ0) is 15.0. The first-order valence-electron chi connectivity index (χ1n) is 8.23. The molecule has 2 N–H and O–H groups in total. The Balaban J connectivity index is 2.10. The predicted molar refractivity (Wildman–Crippen MR) is 88.4 cm³/mol. The first kappa shape index (κ1) is 14.6. The molecule has 2 unspecified atom stereocenters. The second-order valence-corrected chi connectivity index (χ2v) is 7.27. The molecule has 0 amide bonds. The highest BCUT2D eigenvalue weighted by molar-refractivity contribution is 5.76. The van der Waals surface area contributed by atoms with Gasteiger partial charge >= 0.3 is 0 Å². The van der Waals surface area contributed by atoms with Crippen molar-refractivity contribution in [3.05, 3.63) is 30.1 Å². The number of hydrogen-bond acceptors (Lipinski definition) is 2. The van der Waals surface area contributed by atoms with Gasteiger partial charge in [-0.3, -0.25) is 0 Å². The summed E-state index contributed by atoms with van der Waals surface area (Å²) in [6.45, 7) is 6.95. The molecule has 3 nitrogen and oxygen atoms in total. The Kier molecular flexibility index (Phi) is 3.78. The maximum atomic E-state index is 6.50. The van der Waals surface area contributed by atoms with E-state index in [-0.39, 0.29) is 6.04 Å². The van der Waals surface area contributed by atoms with Crippen LogP contribution in [0.4, 0.5) is 0 Å². The van der Waals surface area contributed by atoms with E-state index >= 15 is 0 Å². The molecule has 1 aromatic carbocycles. The number of nitrogens with two attached hydrogens (primary N) is 1. The fourth-order valence-corrected chi connectivity index (χ4v) is 3.72. The SMILES string of the molecule is CCCc1nc2ccccc2n1C1CC(C)(C)CCC1N. The van der Waals surface area contributed by atoms with E-state index in [1.165, 1.54) is 17.8 Å². The molecular formula is C18H27N3. The molecule has 1 aromatic heterocycles. The molecule has 1 aliphatic rings. The maximum Gasteiger partial charge on any atom is 0.110 e. The van der Waals surface area contributed by atoms with Crippen LogP contribution in [0.3, 0.4) is 0 Å². The molecule has 3 rings (SSSR count). The first-order valence-corrected chi connectivity index (χ1v) is 8.23. The molecule has 1 aliphatic carbocycles. The van der Waals surface area contributed by atoms with Crippen LogP contribution in [0, 0.1) is 5.41 Å². The van der Waals surface area contributed by atoms with E-state index in [4.69, 9.17) is 10.7 Å². The van der Waals surface area contributed by atoms with E-state index in [9.17, 15) is 0 Å². The Morgan fingerprint density at radius 2 is 2.10 bits per heavy atom. The number of hydrogen-bond donors (Lipinski definition) is 1. The molecule has 0 radical (unpaired) electrons. The molecule has 2 aromatic rings. The molecular weight excluding hydrogens is 258 g/mol. The van der Waals surface area contributed by atoms with Crippen molar-refractivity contribution in [3.8, 4) is 0 Å². The highest BCUT2D eigenvalue weighted by Crippen LogP contribution is 2.42. The van der Waals surface area contributed by atoms with E-state index in [0.29, 0.717) is 11.5 Å². The van der Waals surface area contributed by atoms with Crippen molar-refractivity contribution in [1.29, 1.82) is 0 Å². The number of imidazole rings is 1. The topological polar surface area (TPSA) is 43.8 Å². The molecule has 114 valence electrons. The van der Waals surface area contributed by atoms with Crippen LogP contribution in [0.15, 0.2) is 24.3 Å². The van der Waals surface area contributed by atoms with E-state index in [2.05, 4.69) is 49.6 Å². The van der Waals surface area contributed by atoms with Gasteiger partial charge in [0.25, 0.3) is 0 Å². The summed E-state index contributed by atoms with van der Waals surface area (Å²) in [5.74, 6) is 1.21. The minimum atomic E-state index is 0.242. The van der Waals surface area contributed by atoms with E-state index < -0.39 is 0 Å². The summed E-state index contributed by atoms with van der Waals surface area (Å²) in [6, 6.07) is 9.10. The summed E-state index contributed by atoms with van der Waals surface area (Å²) in [6.07, 6.45) is 5.62. The van der Waals surface area contributed by atoms with Crippen LogP contribution in [-0.4, -0.2) is 15.6 Å². The fraction of sp³-hybridized carbons (Fsp3) is 0.611. The van der Waals surface area contributed by atoms with Gasteiger partial charge in [-0.15, -0.1) is 0 Å². The van der Waals surface area contributed by atoms with Crippen molar-refractivity contribution in [1.82, 2.24) is 9.55 Å². The number of nitrogens with zero attached hydrogens (tertiary/aromatic N) is 2. The lowest BCUT2D eigenvalue weighted by atomic mass is 9.73. The van der Waals surface area contributed by atoms with Gasteiger partial charge in [-0.1, -0.05) is 32.9 Å². The number of aromatic nitrogens is 2. The average molecular weight is 285 g/mol. The molecule has 0 spiro atoms. The zero-order valence-corrected chi connectivity index (χ0v) is 13.5. The van der Waals surface area contributed by atoms with Crippen molar-refractivity contribution < 1.29 is 0 Å². The van der Waals surface area contributed by atoms with Crippen LogP contribution in [0.1, 0.15) is 58.3 Å². The van der Waals surface area contributed by atoms with Gasteiger partial charge in [-0.25, -0.2) is 4.98 Å². The Hall–Kier alpha value is -1.35. The molecule has 21 heavy (non-hydrogen) atoms. The number of fused-ring (bicyclic) bond motifs is 1. The van der Waals surface area contributed by atoms with E-state index in [1.807, 2.05) is 0 Å². The largest absolute Gasteiger partial charge is 0.326 e. The van der Waals surface area contributed by atoms with Crippen LogP contribution < -0.4 is 5.73 Å². The van der Waals surface area contributed by atoms with Crippen LogP contribution in [0.5, 0.6) is 0 Å². The lowest BCUT2D eigenvalue weighted by Gasteiger charge is -2.40. The molecule has 2 atom stereocenters. The highest BCUT2D eigenvalue weighted by atomic mass is 15.1. The number of aryl methyl sites for hydroxylation is 1. The number of rotatable bonds is 3. The first-order chi connectivity index (χ1) is 10.0. The highest BCUT2D eigenvalue weighted by Gasteiger charge is 2.35. The van der Waals surface area contributed by atoms with E-state index in [0.717, 1.165) is 31.2 Å². The van der Waals surface area contributed by atoms with Crippen molar-refractivity contribution in [3.63, 3.8) is 0 Å². The van der Waals surface area contributed by atoms with Gasteiger partial charge in [-0.05, 0) is 43.2 Å². The quantitative estimate of drug-likeness (QED) is 0.924. The third-order valence-electron chi connectivity index (χ3n) is 4.88. The molecule has 3 heteroatoms. The second-order valence-electron chi connectivity index (χ2n) is 7.27. The van der Waals surface area contributed by atoms with Crippen molar-refractivity contribution >= 4 is 11.0 Å². The second kappa shape index (κ2) is 5.45. The summed E-state index contributed by atoms with van der Waals surface area (Å²) >= 11 is 0. The summed E-state index contributed by atoms with van der Waals surface area (Å²) in [7, 11) is 0. The molecule has 1 saturated carbocycles. The predicted octanol–water partition coefficient (Wildman–Crippen LogP) is 4.07. The summed E-state index contributed by atoms with van der Waals surface area (Å²) in [5, 5.41) is 0. The van der Waals surface area contributed by atoms with Crippen molar-refractivity contribution in [2.45, 2.75) is 65.0 Å². The van der Waals surface area contributed by atoms with Crippen molar-refractivity contribution in [2.24, 2.45) is 11.1 Å². The molecule has 1 heterocycles. The zero-order valence-electron chi connectivity index (χ0n) is 13.5. The smallest absolute Gasteiger partial charge is 0.110 e. The minimum absolute atomic E-state index is 0.242. The molecule has 1 fully saturated rings. The average Bonchev–Trinajstić information content (AvgIpc) is 2.80. The third kappa shape index (κ3) is 2.71. The van der Waals surface area contributed by atoms with Crippen LogP contribution >= 0.6 is 0 Å². The maximum absolute atomic E-state index is 6.50. The summed E-state index contributed by atoms with van der Waals surface area (Å²) < 4.78 is 2.45. The molecule has 0 aliphatic heterocycles. The fourth-order valence-electron chi connectivity index (χ4n) is 3.72. The lowest BCUT2D eigenvalue weighted by Crippen LogP contribution is -2.41. The standard InChI is InChI=1S/C18H27N3/c1-4-7-17-20-14-8-5-6-9-15(14)21(17)16-12-18(2,3)11-10-13(16)19/h5-6,8-9,13,16H,4,7,10-12,19H2,1-3H3. The van der Waals surface area contributed by atoms with Gasteiger partial charge in [0.2, 0.25) is 0 Å². The van der Waals surface area contributed by atoms with Gasteiger partial charge in [0.05, 0.1) is 17.1 Å². The normalized spacial score (nSPS) is 25.3. The number of para-hydroxylation sites is 2. The third-order valence-corrected chi connectivity index (χ3v) is 4.88. The lowest BCUT2D eigenvalue weighted by molar-refractivity contribution is 0.161. The van der Waals surface area contributed by atoms with Gasteiger partial charge < -0.3 is 10.3 Å². The Morgan fingerprint density at radius 1 is 1.33 bits per heavy atom. The van der Waals surface area contributed by atoms with Gasteiger partial charge in [-0.2, -0.15) is 0 Å². The van der Waals surface area contributed by atoms with E-state index in [1.54, 1.807) is 0 Å². The minimum Gasteiger partial charge on any atom is -0.326 e. The molecule has 0 saturated heterocycles. The number of benzene rings is 1. The monoisotopic (exact) mass is 285 g/mol. The van der Waals surface area contributed by atoms with Gasteiger partial charge in [0.1, 0.15) is 5.82 Å². The van der Waals surface area contributed by atoms with Gasteiger partial charge in [0, 0.05) is 12.5 Å². The van der Waals surface area contributed by atoms with Gasteiger partial charge in [0.15, 0.2) is 0 Å². The Bertz CT molecular complexity index is 626. The Labute approximate surface area is 127 Å². The summed E-state index contributed by atoms with van der Waals surface area (Å²) in [4.78, 5) is 4.87. The van der Waals surface area contributed by atoms with Crippen molar-refractivity contribution in [2.75, 3.05) is 0 Å².